The second-order valence-electron chi connectivity index (χ2n) is 3.51. The summed E-state index contributed by atoms with van der Waals surface area (Å²) in [6, 6.07) is 0. The molecule has 2 heteroatoms. The number of allylic oxidation sites excluding steroid dienone is 2. The normalized spacial score (nSPS) is 19.4. The molecule has 0 saturated heterocycles. The Labute approximate surface area is 87.0 Å². The average Bonchev–Trinajstić information content (AvgIpc) is 2.56. The lowest BCUT2D eigenvalue weighted by Gasteiger charge is -2.34. The summed E-state index contributed by atoms with van der Waals surface area (Å²) in [5, 5.41) is 3.45. The standard InChI is InChI=1S/C12H21NO/c1-5-10-8-9-11(6-2)12(10,14-4)13-7-3/h8-9,13H,5-7H2,1-4H3. The smallest absolute Gasteiger partial charge is 0.163 e. The molecule has 0 aliphatic heterocycles. The summed E-state index contributed by atoms with van der Waals surface area (Å²) in [4.78, 5) is 0. The minimum atomic E-state index is -0.307. The third-order valence-electron chi connectivity index (χ3n) is 2.88. The van der Waals surface area contributed by atoms with Gasteiger partial charge in [0.15, 0.2) is 5.72 Å². The number of nitrogens with one attached hydrogen (secondary N) is 1. The first-order valence-electron chi connectivity index (χ1n) is 5.46. The molecule has 0 aromatic rings. The molecule has 80 valence electrons. The Morgan fingerprint density at radius 2 is 1.64 bits per heavy atom. The van der Waals surface area contributed by atoms with Crippen LogP contribution in [0.3, 0.4) is 0 Å². The van der Waals surface area contributed by atoms with E-state index in [1.54, 1.807) is 7.11 Å². The van der Waals surface area contributed by atoms with E-state index in [1.165, 1.54) is 11.1 Å². The number of ether oxygens (including phenoxy) is 1. The zero-order valence-electron chi connectivity index (χ0n) is 9.68. The van der Waals surface area contributed by atoms with Crippen molar-refractivity contribution < 1.29 is 4.74 Å². The monoisotopic (exact) mass is 195 g/mol. The zero-order valence-corrected chi connectivity index (χ0v) is 9.68. The Bertz CT molecular complexity index is 233. The van der Waals surface area contributed by atoms with Crippen LogP contribution in [0.2, 0.25) is 0 Å². The number of rotatable bonds is 5. The molecule has 0 unspecified atom stereocenters. The largest absolute Gasteiger partial charge is 0.356 e. The molecule has 0 radical (unpaired) electrons. The molecule has 0 aromatic carbocycles. The highest BCUT2D eigenvalue weighted by Gasteiger charge is 2.38. The summed E-state index contributed by atoms with van der Waals surface area (Å²) in [5.41, 5.74) is 2.36. The zero-order chi connectivity index (χ0) is 10.6. The average molecular weight is 195 g/mol. The van der Waals surface area contributed by atoms with Gasteiger partial charge in [-0.25, -0.2) is 0 Å². The van der Waals surface area contributed by atoms with Crippen LogP contribution >= 0.6 is 0 Å². The Morgan fingerprint density at radius 3 is 1.93 bits per heavy atom. The first-order valence-corrected chi connectivity index (χ1v) is 5.46. The predicted octanol–water partition coefficient (Wildman–Crippen LogP) is 2.63. The Morgan fingerprint density at radius 1 is 1.14 bits per heavy atom. The lowest BCUT2D eigenvalue weighted by atomic mass is 9.95. The van der Waals surface area contributed by atoms with Crippen LogP contribution in [0.15, 0.2) is 23.3 Å². The van der Waals surface area contributed by atoms with Crippen molar-refractivity contribution in [2.45, 2.75) is 39.3 Å². The number of methoxy groups -OCH3 is 1. The molecule has 0 bridgehead atoms. The van der Waals surface area contributed by atoms with Gasteiger partial charge in [0.05, 0.1) is 0 Å². The molecular weight excluding hydrogens is 174 g/mol. The fraction of sp³-hybridized carbons (Fsp3) is 0.667. The highest BCUT2D eigenvalue weighted by Crippen LogP contribution is 2.35. The van der Waals surface area contributed by atoms with Gasteiger partial charge in [-0.05, 0) is 30.5 Å². The molecule has 0 atom stereocenters. The van der Waals surface area contributed by atoms with E-state index in [4.69, 9.17) is 4.74 Å². The number of hydrogen-bond acceptors (Lipinski definition) is 2. The maximum absolute atomic E-state index is 5.70. The Hall–Kier alpha value is -0.600. The van der Waals surface area contributed by atoms with Gasteiger partial charge in [-0.3, -0.25) is 5.32 Å². The lowest BCUT2D eigenvalue weighted by Crippen LogP contribution is -2.48. The molecule has 0 fully saturated rings. The van der Waals surface area contributed by atoms with Crippen LogP contribution in [0.5, 0.6) is 0 Å². The number of likely N-dealkylation sites (N-methyl/N-ethyl adjacent to an activating group) is 1. The van der Waals surface area contributed by atoms with Crippen LogP contribution in [0, 0.1) is 0 Å². The van der Waals surface area contributed by atoms with Crippen LogP contribution in [0.1, 0.15) is 33.6 Å². The van der Waals surface area contributed by atoms with Gasteiger partial charge in [0, 0.05) is 7.11 Å². The van der Waals surface area contributed by atoms with Gasteiger partial charge in [-0.1, -0.05) is 32.9 Å². The van der Waals surface area contributed by atoms with E-state index >= 15 is 0 Å². The molecule has 0 spiro atoms. The Balaban J connectivity index is 2.97. The summed E-state index contributed by atoms with van der Waals surface area (Å²) < 4.78 is 5.70. The molecule has 0 amide bonds. The van der Waals surface area contributed by atoms with Crippen molar-refractivity contribution in [2.24, 2.45) is 0 Å². The lowest BCUT2D eigenvalue weighted by molar-refractivity contribution is 0.0237. The summed E-state index contributed by atoms with van der Waals surface area (Å²) in [6.07, 6.45) is 6.43. The molecule has 2 nitrogen and oxygen atoms in total. The van der Waals surface area contributed by atoms with Crippen molar-refractivity contribution in [3.63, 3.8) is 0 Å². The van der Waals surface area contributed by atoms with Crippen molar-refractivity contribution in [3.8, 4) is 0 Å². The van der Waals surface area contributed by atoms with Crippen molar-refractivity contribution in [3.05, 3.63) is 23.3 Å². The van der Waals surface area contributed by atoms with Crippen molar-refractivity contribution in [1.29, 1.82) is 0 Å². The second kappa shape index (κ2) is 4.76. The van der Waals surface area contributed by atoms with Gasteiger partial charge in [0.1, 0.15) is 0 Å². The van der Waals surface area contributed by atoms with E-state index in [-0.39, 0.29) is 5.72 Å². The third kappa shape index (κ3) is 1.64. The molecular formula is C12H21NO. The highest BCUT2D eigenvalue weighted by molar-refractivity contribution is 5.42. The minimum absolute atomic E-state index is 0.307. The highest BCUT2D eigenvalue weighted by atomic mass is 16.5. The molecule has 1 N–H and O–H groups in total. The van der Waals surface area contributed by atoms with Gasteiger partial charge in [0.2, 0.25) is 0 Å². The van der Waals surface area contributed by atoms with E-state index in [0.29, 0.717) is 0 Å². The van der Waals surface area contributed by atoms with E-state index in [0.717, 1.165) is 19.4 Å². The summed E-state index contributed by atoms with van der Waals surface area (Å²) in [7, 11) is 1.78. The minimum Gasteiger partial charge on any atom is -0.356 e. The molecule has 1 rings (SSSR count). The van der Waals surface area contributed by atoms with E-state index < -0.39 is 0 Å². The topological polar surface area (TPSA) is 21.3 Å². The van der Waals surface area contributed by atoms with Gasteiger partial charge in [-0.2, -0.15) is 0 Å². The van der Waals surface area contributed by atoms with Crippen molar-refractivity contribution in [2.75, 3.05) is 13.7 Å². The molecule has 0 saturated carbocycles. The van der Waals surface area contributed by atoms with Crippen LogP contribution in [0.4, 0.5) is 0 Å². The first kappa shape index (κ1) is 11.5. The first-order chi connectivity index (χ1) is 6.75. The van der Waals surface area contributed by atoms with Crippen LogP contribution < -0.4 is 5.32 Å². The SMILES string of the molecule is CCNC1(OC)C(CC)=CC=C1CC. The second-order valence-corrected chi connectivity index (χ2v) is 3.51. The van der Waals surface area contributed by atoms with E-state index in [1.807, 2.05) is 0 Å². The fourth-order valence-electron chi connectivity index (χ4n) is 2.19. The van der Waals surface area contributed by atoms with Crippen molar-refractivity contribution in [1.82, 2.24) is 5.32 Å². The maximum Gasteiger partial charge on any atom is 0.163 e. The van der Waals surface area contributed by atoms with E-state index in [2.05, 4.69) is 38.2 Å². The number of hydrogen-bond donors (Lipinski definition) is 1. The molecule has 0 heterocycles. The van der Waals surface area contributed by atoms with Crippen LogP contribution in [0.25, 0.3) is 0 Å². The molecule has 1 aliphatic rings. The van der Waals surface area contributed by atoms with Gasteiger partial charge in [0.25, 0.3) is 0 Å². The van der Waals surface area contributed by atoms with Crippen molar-refractivity contribution >= 4 is 0 Å². The molecule has 14 heavy (non-hydrogen) atoms. The van der Waals surface area contributed by atoms with E-state index in [9.17, 15) is 0 Å². The fourth-order valence-corrected chi connectivity index (χ4v) is 2.19. The summed E-state index contributed by atoms with van der Waals surface area (Å²) >= 11 is 0. The van der Waals surface area contributed by atoms with Gasteiger partial charge >= 0.3 is 0 Å². The Kier molecular flexibility index (Phi) is 3.90. The molecule has 0 aromatic heterocycles. The quantitative estimate of drug-likeness (QED) is 0.681. The predicted molar refractivity (Wildman–Crippen MR) is 60.2 cm³/mol. The van der Waals surface area contributed by atoms with Gasteiger partial charge < -0.3 is 4.74 Å². The summed E-state index contributed by atoms with van der Waals surface area (Å²) in [5.74, 6) is 0. The summed E-state index contributed by atoms with van der Waals surface area (Å²) in [6.45, 7) is 7.37. The maximum atomic E-state index is 5.70. The third-order valence-corrected chi connectivity index (χ3v) is 2.88. The van der Waals surface area contributed by atoms with Gasteiger partial charge in [-0.15, -0.1) is 0 Å². The van der Waals surface area contributed by atoms with Crippen LogP contribution in [-0.4, -0.2) is 19.4 Å². The van der Waals surface area contributed by atoms with Crippen LogP contribution in [-0.2, 0) is 4.74 Å². The molecule has 1 aliphatic carbocycles.